The number of ether oxygens (including phenoxy) is 1. The van der Waals surface area contributed by atoms with Gasteiger partial charge in [0.25, 0.3) is 5.91 Å². The first kappa shape index (κ1) is 16.0. The summed E-state index contributed by atoms with van der Waals surface area (Å²) in [5.74, 6) is -0.614. The van der Waals surface area contributed by atoms with E-state index in [1.54, 1.807) is 48.1 Å². The molecule has 0 spiro atoms. The molecule has 0 saturated carbocycles. The van der Waals surface area contributed by atoms with Crippen LogP contribution in [0.4, 0.5) is 0 Å². The van der Waals surface area contributed by atoms with Gasteiger partial charge in [0.05, 0.1) is 31.7 Å². The normalized spacial score (nSPS) is 10.4. The topological polar surface area (TPSA) is 68.5 Å². The second-order valence-electron chi connectivity index (χ2n) is 5.07. The van der Waals surface area contributed by atoms with Crippen molar-refractivity contribution in [2.45, 2.75) is 6.54 Å². The molecule has 3 aromatic rings. The number of esters is 1. The Kier molecular flexibility index (Phi) is 4.77. The van der Waals surface area contributed by atoms with Gasteiger partial charge in [-0.05, 0) is 47.3 Å². The molecule has 5 nitrogen and oxygen atoms in total. The molecular formula is C18H15NO4S. The van der Waals surface area contributed by atoms with Gasteiger partial charge in [-0.2, -0.15) is 0 Å². The van der Waals surface area contributed by atoms with Crippen molar-refractivity contribution < 1.29 is 18.7 Å². The molecule has 0 saturated heterocycles. The van der Waals surface area contributed by atoms with Crippen molar-refractivity contribution in [1.82, 2.24) is 5.32 Å². The molecule has 3 rings (SSSR count). The quantitative estimate of drug-likeness (QED) is 0.718. The highest BCUT2D eigenvalue weighted by molar-refractivity contribution is 7.10. The Morgan fingerprint density at radius 2 is 1.88 bits per heavy atom. The fraction of sp³-hybridized carbons (Fsp3) is 0.111. The van der Waals surface area contributed by atoms with E-state index in [0.29, 0.717) is 17.7 Å². The molecule has 1 amide bonds. The Labute approximate surface area is 142 Å². The lowest BCUT2D eigenvalue weighted by molar-refractivity contribution is 0.0600. The van der Waals surface area contributed by atoms with Crippen molar-refractivity contribution >= 4 is 23.2 Å². The van der Waals surface area contributed by atoms with Crippen molar-refractivity contribution in [2.24, 2.45) is 0 Å². The van der Waals surface area contributed by atoms with Gasteiger partial charge in [0.2, 0.25) is 0 Å². The van der Waals surface area contributed by atoms with Crippen molar-refractivity contribution in [2.75, 3.05) is 7.11 Å². The number of furan rings is 1. The van der Waals surface area contributed by atoms with E-state index in [9.17, 15) is 9.59 Å². The third kappa shape index (κ3) is 3.55. The summed E-state index contributed by atoms with van der Waals surface area (Å²) in [7, 11) is 1.32. The summed E-state index contributed by atoms with van der Waals surface area (Å²) in [6.07, 6.45) is 3.32. The van der Waals surface area contributed by atoms with Gasteiger partial charge in [-0.15, -0.1) is 11.3 Å². The predicted molar refractivity (Wildman–Crippen MR) is 91.0 cm³/mol. The van der Waals surface area contributed by atoms with E-state index < -0.39 is 5.97 Å². The van der Waals surface area contributed by atoms with Crippen LogP contribution in [0.2, 0.25) is 0 Å². The monoisotopic (exact) mass is 341 g/mol. The van der Waals surface area contributed by atoms with E-state index in [1.165, 1.54) is 7.11 Å². The summed E-state index contributed by atoms with van der Waals surface area (Å²) in [6, 6.07) is 10.3. The third-order valence-electron chi connectivity index (χ3n) is 3.50. The van der Waals surface area contributed by atoms with Crippen LogP contribution in [-0.2, 0) is 11.3 Å². The molecule has 1 N–H and O–H groups in total. The molecule has 0 aliphatic rings. The summed E-state index contributed by atoms with van der Waals surface area (Å²) in [5, 5.41) is 4.89. The molecule has 0 atom stereocenters. The standard InChI is InChI=1S/C18H15NO4S/c1-22-18(21)13-4-2-12(3-5-13)17(20)19-9-16-8-15(11-24-16)14-6-7-23-10-14/h2-8,10-11H,9H2,1H3,(H,19,20). The van der Waals surface area contributed by atoms with Gasteiger partial charge in [0, 0.05) is 16.0 Å². The van der Waals surface area contributed by atoms with Crippen LogP contribution in [0.5, 0.6) is 0 Å². The fourth-order valence-corrected chi connectivity index (χ4v) is 3.03. The van der Waals surface area contributed by atoms with Crippen LogP contribution in [-0.4, -0.2) is 19.0 Å². The van der Waals surface area contributed by atoms with Crippen LogP contribution in [0.15, 0.2) is 58.7 Å². The Hall–Kier alpha value is -2.86. The number of carbonyl (C=O) groups is 2. The number of hydrogen-bond acceptors (Lipinski definition) is 5. The number of carbonyl (C=O) groups excluding carboxylic acids is 2. The molecule has 0 fully saturated rings. The van der Waals surface area contributed by atoms with Crippen LogP contribution in [0.3, 0.4) is 0 Å². The maximum Gasteiger partial charge on any atom is 0.337 e. The summed E-state index contributed by atoms with van der Waals surface area (Å²) in [5.41, 5.74) is 2.99. The Morgan fingerprint density at radius 1 is 1.12 bits per heavy atom. The fourth-order valence-electron chi connectivity index (χ4n) is 2.20. The first-order valence-corrected chi connectivity index (χ1v) is 8.12. The molecule has 0 unspecified atom stereocenters. The van der Waals surface area contributed by atoms with E-state index >= 15 is 0 Å². The van der Waals surface area contributed by atoms with Crippen LogP contribution in [0, 0.1) is 0 Å². The maximum atomic E-state index is 12.2. The smallest absolute Gasteiger partial charge is 0.337 e. The molecular weight excluding hydrogens is 326 g/mol. The zero-order valence-electron chi connectivity index (χ0n) is 12.9. The minimum absolute atomic E-state index is 0.190. The average Bonchev–Trinajstić information content (AvgIpc) is 3.30. The number of rotatable bonds is 5. The molecule has 0 aliphatic carbocycles. The number of hydrogen-bond donors (Lipinski definition) is 1. The molecule has 0 bridgehead atoms. The summed E-state index contributed by atoms with van der Waals surface area (Å²) >= 11 is 1.58. The first-order chi connectivity index (χ1) is 11.7. The van der Waals surface area contributed by atoms with Crippen molar-refractivity contribution in [3.8, 4) is 11.1 Å². The number of methoxy groups -OCH3 is 1. The maximum absolute atomic E-state index is 12.2. The van der Waals surface area contributed by atoms with Gasteiger partial charge >= 0.3 is 5.97 Å². The number of nitrogens with one attached hydrogen (secondary N) is 1. The van der Waals surface area contributed by atoms with Crippen LogP contribution >= 0.6 is 11.3 Å². The molecule has 2 aromatic heterocycles. The van der Waals surface area contributed by atoms with E-state index in [4.69, 9.17) is 4.42 Å². The van der Waals surface area contributed by atoms with Gasteiger partial charge in [-0.1, -0.05) is 0 Å². The Bertz CT molecular complexity index is 834. The summed E-state index contributed by atoms with van der Waals surface area (Å²) < 4.78 is 9.70. The van der Waals surface area contributed by atoms with E-state index in [0.717, 1.165) is 16.0 Å². The highest BCUT2D eigenvalue weighted by atomic mass is 32.1. The highest BCUT2D eigenvalue weighted by Gasteiger charge is 2.10. The average molecular weight is 341 g/mol. The predicted octanol–water partition coefficient (Wildman–Crippen LogP) is 3.72. The summed E-state index contributed by atoms with van der Waals surface area (Å²) in [4.78, 5) is 24.6. The summed E-state index contributed by atoms with van der Waals surface area (Å²) in [6.45, 7) is 0.445. The van der Waals surface area contributed by atoms with Crippen molar-refractivity contribution in [1.29, 1.82) is 0 Å². The lowest BCUT2D eigenvalue weighted by atomic mass is 10.1. The molecule has 122 valence electrons. The van der Waals surface area contributed by atoms with Gasteiger partial charge in [-0.3, -0.25) is 4.79 Å². The second-order valence-corrected chi connectivity index (χ2v) is 6.06. The Balaban J connectivity index is 1.60. The largest absolute Gasteiger partial charge is 0.472 e. The SMILES string of the molecule is COC(=O)c1ccc(C(=O)NCc2cc(-c3ccoc3)cs2)cc1. The highest BCUT2D eigenvalue weighted by Crippen LogP contribution is 2.25. The van der Waals surface area contributed by atoms with E-state index in [1.807, 2.05) is 17.5 Å². The Morgan fingerprint density at radius 3 is 2.54 bits per heavy atom. The van der Waals surface area contributed by atoms with Gasteiger partial charge in [0.1, 0.15) is 0 Å². The molecule has 6 heteroatoms. The lowest BCUT2D eigenvalue weighted by Crippen LogP contribution is -2.22. The molecule has 0 radical (unpaired) electrons. The van der Waals surface area contributed by atoms with Crippen molar-refractivity contribution in [3.05, 3.63) is 70.3 Å². The van der Waals surface area contributed by atoms with Crippen LogP contribution < -0.4 is 5.32 Å². The van der Waals surface area contributed by atoms with Crippen LogP contribution in [0.1, 0.15) is 25.6 Å². The molecule has 0 aliphatic heterocycles. The minimum atomic E-state index is -0.424. The second kappa shape index (κ2) is 7.14. The van der Waals surface area contributed by atoms with Crippen LogP contribution in [0.25, 0.3) is 11.1 Å². The van der Waals surface area contributed by atoms with Crippen molar-refractivity contribution in [3.63, 3.8) is 0 Å². The van der Waals surface area contributed by atoms with E-state index in [-0.39, 0.29) is 5.91 Å². The molecule has 24 heavy (non-hydrogen) atoms. The third-order valence-corrected chi connectivity index (χ3v) is 4.44. The van der Waals surface area contributed by atoms with Gasteiger partial charge < -0.3 is 14.5 Å². The minimum Gasteiger partial charge on any atom is -0.472 e. The van der Waals surface area contributed by atoms with E-state index in [2.05, 4.69) is 10.1 Å². The number of amides is 1. The zero-order valence-corrected chi connectivity index (χ0v) is 13.8. The molecule has 1 aromatic carbocycles. The lowest BCUT2D eigenvalue weighted by Gasteiger charge is -2.04. The first-order valence-electron chi connectivity index (χ1n) is 7.24. The number of thiophene rings is 1. The zero-order chi connectivity index (χ0) is 16.9. The van der Waals surface area contributed by atoms with Gasteiger partial charge in [-0.25, -0.2) is 4.79 Å². The molecule has 2 heterocycles. The van der Waals surface area contributed by atoms with Gasteiger partial charge in [0.15, 0.2) is 0 Å². The number of benzene rings is 1.